The van der Waals surface area contributed by atoms with Crippen LogP contribution in [-0.4, -0.2) is 17.5 Å². The van der Waals surface area contributed by atoms with E-state index in [1.165, 1.54) is 40.1 Å². The van der Waals surface area contributed by atoms with Crippen molar-refractivity contribution in [1.82, 2.24) is 0 Å². The van der Waals surface area contributed by atoms with Crippen LogP contribution >= 0.6 is 27.7 Å². The quantitative estimate of drug-likeness (QED) is 0.879. The van der Waals surface area contributed by atoms with Gasteiger partial charge in [-0.15, -0.1) is 0 Å². The van der Waals surface area contributed by atoms with Gasteiger partial charge in [-0.3, -0.25) is 0 Å². The Hall–Kier alpha value is -0.150. The summed E-state index contributed by atoms with van der Waals surface area (Å²) in [4.78, 5) is 0. The molecule has 1 saturated heterocycles. The highest BCUT2D eigenvalue weighted by Crippen LogP contribution is 2.27. The van der Waals surface area contributed by atoms with Gasteiger partial charge in [-0.1, -0.05) is 6.07 Å². The smallest absolute Gasteiger partial charge is 0.0487 e. The molecular weight excluding hydrogens is 270 g/mol. The number of halogens is 1. The number of hydrogen-bond acceptors (Lipinski definition) is 2. The van der Waals surface area contributed by atoms with Crippen molar-refractivity contribution in [2.24, 2.45) is 0 Å². The van der Waals surface area contributed by atoms with E-state index in [9.17, 15) is 0 Å². The molecule has 1 aliphatic rings. The summed E-state index contributed by atoms with van der Waals surface area (Å²) in [7, 11) is 0. The molecule has 1 nitrogen and oxygen atoms in total. The number of rotatable bonds is 2. The van der Waals surface area contributed by atoms with Gasteiger partial charge in [-0.25, -0.2) is 0 Å². The molecule has 0 spiro atoms. The minimum absolute atomic E-state index is 0.641. The van der Waals surface area contributed by atoms with Crippen molar-refractivity contribution in [3.8, 4) is 0 Å². The van der Waals surface area contributed by atoms with Crippen LogP contribution in [0.15, 0.2) is 22.7 Å². The van der Waals surface area contributed by atoms with Crippen LogP contribution < -0.4 is 5.32 Å². The van der Waals surface area contributed by atoms with E-state index in [0.717, 1.165) is 0 Å². The summed E-state index contributed by atoms with van der Waals surface area (Å²) in [6.45, 7) is 2.12. The normalized spacial score (nSPS) is 21.3. The first-order chi connectivity index (χ1) is 7.25. The van der Waals surface area contributed by atoms with Crippen molar-refractivity contribution in [3.05, 3.63) is 28.2 Å². The second-order valence-electron chi connectivity index (χ2n) is 4.04. The first-order valence-electron chi connectivity index (χ1n) is 5.36. The Kier molecular flexibility index (Phi) is 3.98. The third-order valence-electron chi connectivity index (χ3n) is 2.64. The number of hydrogen-bond donors (Lipinski definition) is 1. The third-order valence-corrected chi connectivity index (χ3v) is 4.52. The van der Waals surface area contributed by atoms with Crippen LogP contribution in [0.4, 0.5) is 5.69 Å². The molecule has 0 unspecified atom stereocenters. The predicted octanol–water partition coefficient (Wildman–Crippen LogP) is 4.07. The predicted molar refractivity (Wildman–Crippen MR) is 72.8 cm³/mol. The Morgan fingerprint density at radius 3 is 3.00 bits per heavy atom. The number of benzene rings is 1. The Bertz CT molecular complexity index is 334. The summed E-state index contributed by atoms with van der Waals surface area (Å²) >= 11 is 5.66. The van der Waals surface area contributed by atoms with E-state index in [1.807, 2.05) is 0 Å². The van der Waals surface area contributed by atoms with Gasteiger partial charge in [0.25, 0.3) is 0 Å². The van der Waals surface area contributed by atoms with E-state index < -0.39 is 0 Å². The van der Waals surface area contributed by atoms with Crippen LogP contribution in [0.25, 0.3) is 0 Å². The van der Waals surface area contributed by atoms with Crippen LogP contribution in [0.1, 0.15) is 18.4 Å². The van der Waals surface area contributed by atoms with Crippen molar-refractivity contribution >= 4 is 33.4 Å². The summed E-state index contributed by atoms with van der Waals surface area (Å²) < 4.78 is 1.18. The lowest BCUT2D eigenvalue weighted by molar-refractivity contribution is 0.685. The number of thioether (sulfide) groups is 1. The van der Waals surface area contributed by atoms with Gasteiger partial charge in [0.2, 0.25) is 0 Å². The molecule has 1 aromatic rings. The first kappa shape index (κ1) is 11.3. The molecule has 0 bridgehead atoms. The van der Waals surface area contributed by atoms with Crippen molar-refractivity contribution in [3.63, 3.8) is 0 Å². The second-order valence-corrected chi connectivity index (χ2v) is 6.05. The maximum Gasteiger partial charge on any atom is 0.0487 e. The van der Waals surface area contributed by atoms with Gasteiger partial charge in [0, 0.05) is 22.0 Å². The van der Waals surface area contributed by atoms with E-state index in [1.54, 1.807) is 0 Å². The summed E-state index contributed by atoms with van der Waals surface area (Å²) in [6.07, 6.45) is 2.64. The average molecular weight is 286 g/mol. The Morgan fingerprint density at radius 2 is 2.33 bits per heavy atom. The van der Waals surface area contributed by atoms with E-state index in [2.05, 4.69) is 58.1 Å². The zero-order valence-electron chi connectivity index (χ0n) is 8.92. The number of nitrogens with one attached hydrogen (secondary N) is 1. The molecular formula is C12H16BrNS. The molecule has 82 valence electrons. The summed E-state index contributed by atoms with van der Waals surface area (Å²) in [5, 5.41) is 3.61. The van der Waals surface area contributed by atoms with Gasteiger partial charge in [-0.2, -0.15) is 11.8 Å². The molecule has 0 aliphatic carbocycles. The van der Waals surface area contributed by atoms with E-state index in [-0.39, 0.29) is 0 Å². The van der Waals surface area contributed by atoms with E-state index in [0.29, 0.717) is 6.04 Å². The number of anilines is 1. The van der Waals surface area contributed by atoms with Crippen LogP contribution in [0.2, 0.25) is 0 Å². The molecule has 0 aromatic heterocycles. The number of aryl methyl sites for hydroxylation is 1. The molecule has 1 atom stereocenters. The highest BCUT2D eigenvalue weighted by Gasteiger charge is 2.14. The van der Waals surface area contributed by atoms with Crippen molar-refractivity contribution < 1.29 is 0 Å². The second kappa shape index (κ2) is 5.26. The van der Waals surface area contributed by atoms with Crippen LogP contribution in [0.3, 0.4) is 0 Å². The molecule has 1 N–H and O–H groups in total. The monoisotopic (exact) mass is 285 g/mol. The fourth-order valence-electron chi connectivity index (χ4n) is 1.81. The summed E-state index contributed by atoms with van der Waals surface area (Å²) in [6, 6.07) is 7.13. The van der Waals surface area contributed by atoms with Crippen molar-refractivity contribution in [2.45, 2.75) is 25.8 Å². The molecule has 1 heterocycles. The Morgan fingerprint density at radius 1 is 1.47 bits per heavy atom. The fourth-order valence-corrected chi connectivity index (χ4v) is 3.49. The molecule has 3 heteroatoms. The minimum atomic E-state index is 0.641. The maximum atomic E-state index is 3.61. The third kappa shape index (κ3) is 3.15. The molecule has 2 rings (SSSR count). The summed E-state index contributed by atoms with van der Waals surface area (Å²) in [5.41, 5.74) is 2.53. The molecule has 0 saturated carbocycles. The highest BCUT2D eigenvalue weighted by atomic mass is 79.9. The van der Waals surface area contributed by atoms with E-state index in [4.69, 9.17) is 0 Å². The molecule has 1 aliphatic heterocycles. The van der Waals surface area contributed by atoms with Gasteiger partial charge in [0.1, 0.15) is 0 Å². The lowest BCUT2D eigenvalue weighted by atomic mass is 10.1. The first-order valence-corrected chi connectivity index (χ1v) is 7.31. The Balaban J connectivity index is 2.03. The van der Waals surface area contributed by atoms with Crippen LogP contribution in [0, 0.1) is 6.92 Å². The SMILES string of the molecule is Cc1ccc(N[C@H]2CCCSC2)c(Br)c1. The Labute approximate surface area is 104 Å². The zero-order chi connectivity index (χ0) is 10.7. The average Bonchev–Trinajstić information content (AvgIpc) is 2.24. The standard InChI is InChI=1S/C12H16BrNS/c1-9-4-5-12(11(13)7-9)14-10-3-2-6-15-8-10/h4-5,7,10,14H,2-3,6,8H2,1H3/t10-/m0/s1. The lowest BCUT2D eigenvalue weighted by Gasteiger charge is -2.24. The maximum absolute atomic E-state index is 3.61. The van der Waals surface area contributed by atoms with Gasteiger partial charge in [-0.05, 0) is 59.1 Å². The van der Waals surface area contributed by atoms with Crippen LogP contribution in [-0.2, 0) is 0 Å². The molecule has 1 fully saturated rings. The van der Waals surface area contributed by atoms with Gasteiger partial charge in [0.05, 0.1) is 0 Å². The molecule has 1 aromatic carbocycles. The highest BCUT2D eigenvalue weighted by molar-refractivity contribution is 9.10. The van der Waals surface area contributed by atoms with Gasteiger partial charge >= 0.3 is 0 Å². The van der Waals surface area contributed by atoms with Crippen LogP contribution in [0.5, 0.6) is 0 Å². The minimum Gasteiger partial charge on any atom is -0.381 e. The summed E-state index contributed by atoms with van der Waals surface area (Å²) in [5.74, 6) is 2.56. The lowest BCUT2D eigenvalue weighted by Crippen LogP contribution is -2.25. The topological polar surface area (TPSA) is 12.0 Å². The fraction of sp³-hybridized carbons (Fsp3) is 0.500. The molecule has 0 amide bonds. The van der Waals surface area contributed by atoms with E-state index >= 15 is 0 Å². The van der Waals surface area contributed by atoms with Gasteiger partial charge < -0.3 is 5.32 Å². The van der Waals surface area contributed by atoms with Crippen molar-refractivity contribution in [1.29, 1.82) is 0 Å². The molecule has 15 heavy (non-hydrogen) atoms. The largest absolute Gasteiger partial charge is 0.381 e. The molecule has 0 radical (unpaired) electrons. The van der Waals surface area contributed by atoms with Gasteiger partial charge in [0.15, 0.2) is 0 Å². The zero-order valence-corrected chi connectivity index (χ0v) is 11.3. The van der Waals surface area contributed by atoms with Crippen molar-refractivity contribution in [2.75, 3.05) is 16.8 Å².